The highest BCUT2D eigenvalue weighted by Gasteiger charge is 2.29. The molecular weight excluding hydrogens is 372 g/mol. The first-order chi connectivity index (χ1) is 14.1. The van der Waals surface area contributed by atoms with Gasteiger partial charge in [-0.1, -0.05) is 12.1 Å². The van der Waals surface area contributed by atoms with Gasteiger partial charge in [-0.05, 0) is 29.7 Å². The fraction of sp³-hybridized carbons (Fsp3) is 0.333. The van der Waals surface area contributed by atoms with Crippen LogP contribution in [0.4, 0.5) is 5.69 Å². The summed E-state index contributed by atoms with van der Waals surface area (Å²) in [6.07, 6.45) is 5.30. The Kier molecular flexibility index (Phi) is 5.37. The van der Waals surface area contributed by atoms with Gasteiger partial charge >= 0.3 is 0 Å². The van der Waals surface area contributed by atoms with Crippen LogP contribution in [0, 0.1) is 0 Å². The lowest BCUT2D eigenvalue weighted by Crippen LogP contribution is -2.20. The van der Waals surface area contributed by atoms with Gasteiger partial charge < -0.3 is 24.6 Å². The molecule has 152 valence electrons. The maximum atomic E-state index is 10.8. The summed E-state index contributed by atoms with van der Waals surface area (Å²) in [6, 6.07) is 7.88. The Morgan fingerprint density at radius 1 is 1.14 bits per heavy atom. The van der Waals surface area contributed by atoms with E-state index >= 15 is 0 Å². The molecule has 0 radical (unpaired) electrons. The number of methoxy groups -OCH3 is 2. The van der Waals surface area contributed by atoms with Crippen LogP contribution in [0.2, 0.25) is 0 Å². The maximum absolute atomic E-state index is 10.8. The number of benzene rings is 1. The van der Waals surface area contributed by atoms with Gasteiger partial charge in [0, 0.05) is 43.2 Å². The molecule has 3 heterocycles. The first kappa shape index (κ1) is 19.2. The summed E-state index contributed by atoms with van der Waals surface area (Å²) in [7, 11) is 3.14. The minimum Gasteiger partial charge on any atom is -0.491 e. The predicted molar refractivity (Wildman–Crippen MR) is 108 cm³/mol. The van der Waals surface area contributed by atoms with Gasteiger partial charge in [0.2, 0.25) is 0 Å². The minimum atomic E-state index is -0.724. The molecule has 2 aromatic heterocycles. The number of hydrogen-bond acceptors (Lipinski definition) is 7. The molecule has 8 nitrogen and oxygen atoms in total. The summed E-state index contributed by atoms with van der Waals surface area (Å²) in [5.41, 5.74) is 4.68. The van der Waals surface area contributed by atoms with Gasteiger partial charge in [-0.15, -0.1) is 0 Å². The molecule has 0 spiro atoms. The van der Waals surface area contributed by atoms with E-state index in [0.717, 1.165) is 27.9 Å². The SMILES string of the molecule is COc1cc(-c2ccc3c(c2)CN(c2cnn(CCCO)c2)C3O)cnc1OC. The third-order valence-electron chi connectivity index (χ3n) is 5.12. The van der Waals surface area contributed by atoms with Crippen molar-refractivity contribution in [2.24, 2.45) is 0 Å². The zero-order valence-corrected chi connectivity index (χ0v) is 16.4. The van der Waals surface area contributed by atoms with Crippen LogP contribution in [0.3, 0.4) is 0 Å². The van der Waals surface area contributed by atoms with E-state index in [2.05, 4.69) is 16.1 Å². The smallest absolute Gasteiger partial charge is 0.256 e. The molecule has 1 aliphatic rings. The van der Waals surface area contributed by atoms with Crippen LogP contribution >= 0.6 is 0 Å². The molecule has 4 rings (SSSR count). The van der Waals surface area contributed by atoms with E-state index in [-0.39, 0.29) is 6.61 Å². The molecule has 1 atom stereocenters. The van der Waals surface area contributed by atoms with E-state index in [1.807, 2.05) is 29.3 Å². The molecule has 2 N–H and O–H groups in total. The van der Waals surface area contributed by atoms with Crippen molar-refractivity contribution >= 4 is 5.69 Å². The predicted octanol–water partition coefficient (Wildman–Crippen LogP) is 2.36. The number of nitrogens with zero attached hydrogens (tertiary/aromatic N) is 4. The number of aliphatic hydroxyl groups excluding tert-OH is 2. The molecule has 29 heavy (non-hydrogen) atoms. The quantitative estimate of drug-likeness (QED) is 0.633. The van der Waals surface area contributed by atoms with Gasteiger partial charge in [-0.25, -0.2) is 4.98 Å². The molecule has 3 aromatic rings. The van der Waals surface area contributed by atoms with E-state index < -0.39 is 6.23 Å². The summed E-state index contributed by atoms with van der Waals surface area (Å²) in [6.45, 7) is 1.35. The Balaban J connectivity index is 1.59. The van der Waals surface area contributed by atoms with Gasteiger partial charge in [0.05, 0.1) is 26.1 Å². The lowest BCUT2D eigenvalue weighted by molar-refractivity contribution is 0.181. The van der Waals surface area contributed by atoms with E-state index in [1.54, 1.807) is 31.3 Å². The highest BCUT2D eigenvalue weighted by molar-refractivity contribution is 5.68. The fourth-order valence-corrected chi connectivity index (χ4v) is 3.59. The van der Waals surface area contributed by atoms with Crippen LogP contribution in [0.15, 0.2) is 42.9 Å². The summed E-state index contributed by atoms with van der Waals surface area (Å²) in [5.74, 6) is 1.01. The average Bonchev–Trinajstić information content (AvgIpc) is 3.35. The second kappa shape index (κ2) is 8.10. The molecule has 1 aromatic carbocycles. The normalized spacial score (nSPS) is 15.4. The van der Waals surface area contributed by atoms with Gasteiger partial charge in [-0.3, -0.25) is 4.68 Å². The summed E-state index contributed by atoms with van der Waals surface area (Å²) < 4.78 is 12.3. The largest absolute Gasteiger partial charge is 0.491 e. The molecule has 0 aliphatic carbocycles. The number of aromatic nitrogens is 3. The monoisotopic (exact) mass is 396 g/mol. The van der Waals surface area contributed by atoms with Crippen molar-refractivity contribution < 1.29 is 19.7 Å². The Labute approximate surface area is 168 Å². The van der Waals surface area contributed by atoms with Crippen LogP contribution in [-0.2, 0) is 13.1 Å². The number of fused-ring (bicyclic) bond motifs is 1. The maximum Gasteiger partial charge on any atom is 0.256 e. The van der Waals surface area contributed by atoms with E-state index in [4.69, 9.17) is 14.6 Å². The van der Waals surface area contributed by atoms with Crippen molar-refractivity contribution in [1.29, 1.82) is 0 Å². The third kappa shape index (κ3) is 3.64. The molecule has 0 saturated carbocycles. The molecule has 0 bridgehead atoms. The molecule has 1 unspecified atom stereocenters. The average molecular weight is 396 g/mol. The van der Waals surface area contributed by atoms with Crippen LogP contribution < -0.4 is 14.4 Å². The van der Waals surface area contributed by atoms with E-state index in [1.165, 1.54) is 0 Å². The molecule has 0 amide bonds. The number of ether oxygens (including phenoxy) is 2. The zero-order valence-electron chi connectivity index (χ0n) is 16.4. The van der Waals surface area contributed by atoms with E-state index in [9.17, 15) is 5.11 Å². The standard InChI is InChI=1S/C21H24N4O4/c1-28-19-9-15(10-22-20(19)29-2)14-4-5-18-16(8-14)12-25(21(18)27)17-11-23-24(13-17)6-3-7-26/h4-5,8-11,13,21,26-27H,3,6-7,12H2,1-2H3. The lowest BCUT2D eigenvalue weighted by Gasteiger charge is -2.20. The molecular formula is C21H24N4O4. The number of pyridine rings is 1. The highest BCUT2D eigenvalue weighted by Crippen LogP contribution is 2.38. The van der Waals surface area contributed by atoms with Gasteiger partial charge in [0.25, 0.3) is 5.88 Å². The lowest BCUT2D eigenvalue weighted by atomic mass is 10.0. The van der Waals surface area contributed by atoms with E-state index in [0.29, 0.717) is 31.1 Å². The second-order valence-corrected chi connectivity index (χ2v) is 6.89. The fourth-order valence-electron chi connectivity index (χ4n) is 3.59. The minimum absolute atomic E-state index is 0.126. The van der Waals surface area contributed by atoms with Crippen molar-refractivity contribution in [2.75, 3.05) is 25.7 Å². The highest BCUT2D eigenvalue weighted by atomic mass is 16.5. The Morgan fingerprint density at radius 2 is 2.00 bits per heavy atom. The van der Waals surface area contributed by atoms with Crippen LogP contribution in [0.1, 0.15) is 23.8 Å². The molecule has 0 fully saturated rings. The first-order valence-corrected chi connectivity index (χ1v) is 9.44. The summed E-state index contributed by atoms with van der Waals surface area (Å²) in [5, 5.41) is 24.1. The van der Waals surface area contributed by atoms with Crippen molar-refractivity contribution in [3.63, 3.8) is 0 Å². The Bertz CT molecular complexity index is 1000. The van der Waals surface area contributed by atoms with Crippen molar-refractivity contribution in [2.45, 2.75) is 25.7 Å². The van der Waals surface area contributed by atoms with Gasteiger partial charge in [0.1, 0.15) is 0 Å². The van der Waals surface area contributed by atoms with Crippen LogP contribution in [0.25, 0.3) is 11.1 Å². The van der Waals surface area contributed by atoms with Crippen LogP contribution in [0.5, 0.6) is 11.6 Å². The summed E-state index contributed by atoms with van der Waals surface area (Å²) in [4.78, 5) is 6.21. The summed E-state index contributed by atoms with van der Waals surface area (Å²) >= 11 is 0. The zero-order chi connectivity index (χ0) is 20.4. The van der Waals surface area contributed by atoms with Crippen LogP contribution in [-0.4, -0.2) is 45.8 Å². The third-order valence-corrected chi connectivity index (χ3v) is 5.12. The molecule has 8 heteroatoms. The molecule has 0 saturated heterocycles. The number of rotatable bonds is 7. The number of aliphatic hydroxyl groups is 2. The molecule has 1 aliphatic heterocycles. The Hall–Kier alpha value is -3.10. The van der Waals surface area contributed by atoms with Crippen molar-refractivity contribution in [1.82, 2.24) is 14.8 Å². The second-order valence-electron chi connectivity index (χ2n) is 6.89. The van der Waals surface area contributed by atoms with Gasteiger partial charge in [0.15, 0.2) is 12.0 Å². The first-order valence-electron chi connectivity index (χ1n) is 9.44. The number of anilines is 1. The Morgan fingerprint density at radius 3 is 2.76 bits per heavy atom. The van der Waals surface area contributed by atoms with Crippen molar-refractivity contribution in [3.05, 3.63) is 54.0 Å². The van der Waals surface area contributed by atoms with Gasteiger partial charge in [-0.2, -0.15) is 5.10 Å². The number of aryl methyl sites for hydroxylation is 1. The van der Waals surface area contributed by atoms with Crippen molar-refractivity contribution in [3.8, 4) is 22.8 Å². The topological polar surface area (TPSA) is 92.9 Å². The number of hydrogen-bond donors (Lipinski definition) is 2.